The number of carbonyl (C=O) groups is 1. The summed E-state index contributed by atoms with van der Waals surface area (Å²) in [6.07, 6.45) is 10.4. The predicted molar refractivity (Wildman–Crippen MR) is 79.3 cm³/mol. The van der Waals surface area contributed by atoms with Gasteiger partial charge in [0.25, 0.3) is 0 Å². The van der Waals surface area contributed by atoms with Crippen molar-refractivity contribution >= 4 is 5.91 Å². The van der Waals surface area contributed by atoms with Gasteiger partial charge >= 0.3 is 0 Å². The maximum absolute atomic E-state index is 12.7. The van der Waals surface area contributed by atoms with Crippen molar-refractivity contribution in [1.29, 1.82) is 0 Å². The molecule has 0 bridgehead atoms. The number of hydrogen-bond donors (Lipinski definition) is 1. The van der Waals surface area contributed by atoms with E-state index >= 15 is 0 Å². The summed E-state index contributed by atoms with van der Waals surface area (Å²) in [6.45, 7) is 4.38. The summed E-state index contributed by atoms with van der Waals surface area (Å²) in [7, 11) is 0. The topological polar surface area (TPSA) is 32.3 Å². The Hall–Kier alpha value is -0.570. The lowest BCUT2D eigenvalue weighted by molar-refractivity contribution is -0.135. The van der Waals surface area contributed by atoms with Gasteiger partial charge in [0.15, 0.2) is 0 Å². The summed E-state index contributed by atoms with van der Waals surface area (Å²) in [6, 6.07) is 0.967. The minimum atomic E-state index is 0.449. The smallest absolute Gasteiger partial charge is 0.223 e. The summed E-state index contributed by atoms with van der Waals surface area (Å²) >= 11 is 0. The highest BCUT2D eigenvalue weighted by Gasteiger charge is 2.47. The molecule has 0 aromatic carbocycles. The van der Waals surface area contributed by atoms with Crippen molar-refractivity contribution in [3.8, 4) is 0 Å². The normalized spacial score (nSPS) is 39.2. The number of amides is 1. The molecule has 2 aliphatic carbocycles. The SMILES string of the molecule is C[C@@H]1C[C@H]2CNC[C@H]2N1C(=O)CC1CCC2(CC1)CC2. The Morgan fingerprint density at radius 2 is 1.95 bits per heavy atom. The highest BCUT2D eigenvalue weighted by Crippen LogP contribution is 2.57. The molecule has 3 nitrogen and oxygen atoms in total. The van der Waals surface area contributed by atoms with Gasteiger partial charge in [-0.25, -0.2) is 0 Å². The van der Waals surface area contributed by atoms with E-state index in [2.05, 4.69) is 17.1 Å². The maximum Gasteiger partial charge on any atom is 0.223 e. The highest BCUT2D eigenvalue weighted by molar-refractivity contribution is 5.77. The lowest BCUT2D eigenvalue weighted by atomic mass is 9.78. The van der Waals surface area contributed by atoms with Crippen LogP contribution in [0.5, 0.6) is 0 Å². The van der Waals surface area contributed by atoms with E-state index in [0.29, 0.717) is 23.9 Å². The number of likely N-dealkylation sites (tertiary alicyclic amines) is 1. The molecule has 2 saturated carbocycles. The lowest BCUT2D eigenvalue weighted by Crippen LogP contribution is -2.43. The molecular weight excluding hydrogens is 248 g/mol. The molecule has 0 unspecified atom stereocenters. The van der Waals surface area contributed by atoms with Crippen LogP contribution >= 0.6 is 0 Å². The van der Waals surface area contributed by atoms with Crippen LogP contribution in [0.25, 0.3) is 0 Å². The van der Waals surface area contributed by atoms with Crippen LogP contribution in [0.15, 0.2) is 0 Å². The van der Waals surface area contributed by atoms with Gasteiger partial charge in [-0.3, -0.25) is 4.79 Å². The third-order valence-corrected chi connectivity index (χ3v) is 6.65. The van der Waals surface area contributed by atoms with Gasteiger partial charge in [0.1, 0.15) is 0 Å². The van der Waals surface area contributed by atoms with Gasteiger partial charge in [-0.2, -0.15) is 0 Å². The summed E-state index contributed by atoms with van der Waals surface area (Å²) in [5.41, 5.74) is 0.751. The first kappa shape index (κ1) is 13.1. The van der Waals surface area contributed by atoms with Gasteiger partial charge in [-0.15, -0.1) is 0 Å². The number of nitrogens with one attached hydrogen (secondary N) is 1. The van der Waals surface area contributed by atoms with Gasteiger partial charge < -0.3 is 10.2 Å². The van der Waals surface area contributed by atoms with E-state index in [1.54, 1.807) is 0 Å². The minimum absolute atomic E-state index is 0.449. The average Bonchev–Trinajstić information content (AvgIpc) is 2.89. The quantitative estimate of drug-likeness (QED) is 0.840. The van der Waals surface area contributed by atoms with Gasteiger partial charge in [-0.1, -0.05) is 0 Å². The molecule has 1 amide bonds. The Balaban J connectivity index is 1.35. The lowest BCUT2D eigenvalue weighted by Gasteiger charge is -2.32. The molecule has 112 valence electrons. The highest BCUT2D eigenvalue weighted by atomic mass is 16.2. The first-order chi connectivity index (χ1) is 9.67. The molecule has 0 radical (unpaired) electrons. The van der Waals surface area contributed by atoms with Crippen LogP contribution in [-0.4, -0.2) is 36.0 Å². The first-order valence-corrected chi connectivity index (χ1v) is 8.69. The number of hydrogen-bond acceptors (Lipinski definition) is 2. The second kappa shape index (κ2) is 4.72. The molecular formula is C17H28N2O. The largest absolute Gasteiger partial charge is 0.335 e. The average molecular weight is 276 g/mol. The van der Waals surface area contributed by atoms with E-state index in [1.807, 2.05) is 0 Å². The van der Waals surface area contributed by atoms with E-state index in [1.165, 1.54) is 44.9 Å². The van der Waals surface area contributed by atoms with Crippen LogP contribution in [0.3, 0.4) is 0 Å². The van der Waals surface area contributed by atoms with E-state index in [-0.39, 0.29) is 0 Å². The van der Waals surface area contributed by atoms with Gasteiger partial charge in [0.2, 0.25) is 5.91 Å². The van der Waals surface area contributed by atoms with Gasteiger partial charge in [0, 0.05) is 31.6 Å². The third kappa shape index (κ3) is 2.18. The Bertz CT molecular complexity index is 394. The number of rotatable bonds is 2. The van der Waals surface area contributed by atoms with E-state index < -0.39 is 0 Å². The fourth-order valence-corrected chi connectivity index (χ4v) is 5.12. The zero-order valence-corrected chi connectivity index (χ0v) is 12.7. The molecule has 1 N–H and O–H groups in total. The summed E-state index contributed by atoms with van der Waals surface area (Å²) in [5.74, 6) is 1.84. The van der Waals surface area contributed by atoms with Crippen molar-refractivity contribution in [1.82, 2.24) is 10.2 Å². The summed E-state index contributed by atoms with van der Waals surface area (Å²) in [5, 5.41) is 3.46. The van der Waals surface area contributed by atoms with Crippen LogP contribution in [0.4, 0.5) is 0 Å². The van der Waals surface area contributed by atoms with Crippen LogP contribution in [-0.2, 0) is 4.79 Å². The molecule has 2 saturated heterocycles. The summed E-state index contributed by atoms with van der Waals surface area (Å²) in [4.78, 5) is 15.0. The monoisotopic (exact) mass is 276 g/mol. The molecule has 0 aromatic heterocycles. The van der Waals surface area contributed by atoms with Crippen LogP contribution < -0.4 is 5.32 Å². The molecule has 0 aromatic rings. The fraction of sp³-hybridized carbons (Fsp3) is 0.941. The number of carbonyl (C=O) groups excluding carboxylic acids is 1. The Morgan fingerprint density at radius 3 is 2.65 bits per heavy atom. The van der Waals surface area contributed by atoms with E-state index in [0.717, 1.165) is 30.8 Å². The number of nitrogens with zero attached hydrogens (tertiary/aromatic N) is 1. The zero-order chi connectivity index (χ0) is 13.7. The second-order valence-corrected chi connectivity index (χ2v) is 8.02. The van der Waals surface area contributed by atoms with Crippen LogP contribution in [0.2, 0.25) is 0 Å². The van der Waals surface area contributed by atoms with Crippen molar-refractivity contribution in [2.75, 3.05) is 13.1 Å². The molecule has 3 atom stereocenters. The zero-order valence-electron chi connectivity index (χ0n) is 12.7. The van der Waals surface area contributed by atoms with Gasteiger partial charge in [0.05, 0.1) is 0 Å². The maximum atomic E-state index is 12.7. The van der Waals surface area contributed by atoms with Crippen molar-refractivity contribution in [3.63, 3.8) is 0 Å². The number of fused-ring (bicyclic) bond motifs is 1. The molecule has 4 fully saturated rings. The van der Waals surface area contributed by atoms with Gasteiger partial charge in [-0.05, 0) is 69.1 Å². The second-order valence-electron chi connectivity index (χ2n) is 8.02. The van der Waals surface area contributed by atoms with E-state index in [9.17, 15) is 4.79 Å². The fourth-order valence-electron chi connectivity index (χ4n) is 5.12. The van der Waals surface area contributed by atoms with Crippen molar-refractivity contribution in [3.05, 3.63) is 0 Å². The molecule has 2 heterocycles. The summed E-state index contributed by atoms with van der Waals surface area (Å²) < 4.78 is 0. The van der Waals surface area contributed by atoms with Crippen LogP contribution in [0, 0.1) is 17.3 Å². The standard InChI is InChI=1S/C17H28N2O/c1-12-8-14-10-18-11-15(14)19(12)16(20)9-13-2-4-17(5-3-13)6-7-17/h12-15,18H,2-11H2,1H3/t12-,14+,15-/m1/s1. The third-order valence-electron chi connectivity index (χ3n) is 6.65. The van der Waals surface area contributed by atoms with Crippen molar-refractivity contribution in [2.45, 2.75) is 70.4 Å². The Morgan fingerprint density at radius 1 is 1.20 bits per heavy atom. The van der Waals surface area contributed by atoms with Crippen molar-refractivity contribution in [2.24, 2.45) is 17.3 Å². The predicted octanol–water partition coefficient (Wildman–Crippen LogP) is 2.56. The molecule has 4 rings (SSSR count). The molecule has 1 spiro atoms. The van der Waals surface area contributed by atoms with Crippen LogP contribution in [0.1, 0.15) is 58.3 Å². The van der Waals surface area contributed by atoms with Crippen molar-refractivity contribution < 1.29 is 4.79 Å². The molecule has 2 aliphatic heterocycles. The minimum Gasteiger partial charge on any atom is -0.335 e. The molecule has 20 heavy (non-hydrogen) atoms. The molecule has 3 heteroatoms. The molecule has 4 aliphatic rings. The first-order valence-electron chi connectivity index (χ1n) is 8.69. The Kier molecular flexibility index (Phi) is 3.10. The van der Waals surface area contributed by atoms with E-state index in [4.69, 9.17) is 0 Å². The Labute approximate surface area is 122 Å².